The molecule has 98 valence electrons. The van der Waals surface area contributed by atoms with Gasteiger partial charge in [0, 0.05) is 6.42 Å². The highest BCUT2D eigenvalue weighted by molar-refractivity contribution is 6.32. The molecule has 0 spiro atoms. The Bertz CT molecular complexity index is 441. The van der Waals surface area contributed by atoms with Crippen LogP contribution in [-0.2, 0) is 16.0 Å². The van der Waals surface area contributed by atoms with Gasteiger partial charge in [0.05, 0.1) is 21.3 Å². The molecule has 1 rings (SSSR count). The van der Waals surface area contributed by atoms with Crippen LogP contribution in [0.15, 0.2) is 12.1 Å². The van der Waals surface area contributed by atoms with Crippen LogP contribution in [0.3, 0.4) is 0 Å². The number of hydrogen-bond donors (Lipinski definition) is 0. The Balaban J connectivity index is 3.15. The zero-order valence-electron chi connectivity index (χ0n) is 10.3. The van der Waals surface area contributed by atoms with E-state index in [9.17, 15) is 14.7 Å². The number of carbonyl (C=O) groups is 2. The highest BCUT2D eigenvalue weighted by atomic mass is 16.5. The maximum atomic E-state index is 11.1. The van der Waals surface area contributed by atoms with Gasteiger partial charge in [0.1, 0.15) is 5.97 Å². The van der Waals surface area contributed by atoms with Crippen LogP contribution in [0.4, 0.5) is 0 Å². The van der Waals surface area contributed by atoms with Gasteiger partial charge in [0.2, 0.25) is 5.75 Å². The molecule has 6 nitrogen and oxygen atoms in total. The summed E-state index contributed by atoms with van der Waals surface area (Å²) >= 11 is 0. The van der Waals surface area contributed by atoms with Crippen molar-refractivity contribution in [3.8, 4) is 17.2 Å². The van der Waals surface area contributed by atoms with Crippen LogP contribution in [0.1, 0.15) is 5.56 Å². The van der Waals surface area contributed by atoms with Crippen molar-refractivity contribution in [2.75, 3.05) is 21.3 Å². The number of ether oxygens (including phenoxy) is 3. The van der Waals surface area contributed by atoms with E-state index < -0.39 is 11.8 Å². The predicted octanol–water partition coefficient (Wildman–Crippen LogP) is -0.426. The SMILES string of the molecule is COc1cc(CC(=O)C(=O)[O-])cc(OC)c1OC. The van der Waals surface area contributed by atoms with E-state index in [1.165, 1.54) is 33.5 Å². The lowest BCUT2D eigenvalue weighted by Crippen LogP contribution is -2.32. The average Bonchev–Trinajstić information content (AvgIpc) is 2.37. The van der Waals surface area contributed by atoms with Crippen LogP contribution in [0, 0.1) is 0 Å². The third-order valence-corrected chi connectivity index (χ3v) is 2.32. The molecule has 0 N–H and O–H groups in total. The monoisotopic (exact) mass is 253 g/mol. The van der Waals surface area contributed by atoms with Crippen molar-refractivity contribution in [1.29, 1.82) is 0 Å². The summed E-state index contributed by atoms with van der Waals surface area (Å²) in [4.78, 5) is 21.5. The normalized spacial score (nSPS) is 9.72. The molecule has 0 bridgehead atoms. The zero-order valence-corrected chi connectivity index (χ0v) is 10.3. The van der Waals surface area contributed by atoms with Crippen molar-refractivity contribution >= 4 is 11.8 Å². The molecule has 0 aliphatic carbocycles. The fourth-order valence-electron chi connectivity index (χ4n) is 1.50. The largest absolute Gasteiger partial charge is 0.542 e. The smallest absolute Gasteiger partial charge is 0.203 e. The third-order valence-electron chi connectivity index (χ3n) is 2.32. The number of carboxylic acid groups (broad SMARTS) is 1. The average molecular weight is 253 g/mol. The Labute approximate surface area is 104 Å². The van der Waals surface area contributed by atoms with E-state index in [0.29, 0.717) is 22.8 Å². The van der Waals surface area contributed by atoms with Crippen molar-refractivity contribution in [2.24, 2.45) is 0 Å². The highest BCUT2D eigenvalue weighted by Gasteiger charge is 2.15. The fraction of sp³-hybridized carbons (Fsp3) is 0.333. The summed E-state index contributed by atoms with van der Waals surface area (Å²) in [5, 5.41) is 10.4. The minimum Gasteiger partial charge on any atom is -0.542 e. The van der Waals surface area contributed by atoms with Crippen LogP contribution in [0.2, 0.25) is 0 Å². The lowest BCUT2D eigenvalue weighted by Gasteiger charge is -2.13. The van der Waals surface area contributed by atoms with Gasteiger partial charge in [-0.15, -0.1) is 0 Å². The molecule has 0 heterocycles. The van der Waals surface area contributed by atoms with E-state index in [4.69, 9.17) is 14.2 Å². The summed E-state index contributed by atoms with van der Waals surface area (Å²) in [7, 11) is 4.32. The van der Waals surface area contributed by atoms with Gasteiger partial charge in [-0.05, 0) is 17.7 Å². The van der Waals surface area contributed by atoms with Crippen LogP contribution in [0.5, 0.6) is 17.2 Å². The van der Waals surface area contributed by atoms with Crippen molar-refractivity contribution in [3.05, 3.63) is 17.7 Å². The van der Waals surface area contributed by atoms with E-state index in [-0.39, 0.29) is 6.42 Å². The van der Waals surface area contributed by atoms with Gasteiger partial charge in [0.25, 0.3) is 0 Å². The lowest BCUT2D eigenvalue weighted by atomic mass is 10.1. The second-order valence-electron chi connectivity index (χ2n) is 3.42. The number of aliphatic carboxylic acids is 1. The van der Waals surface area contributed by atoms with Crippen molar-refractivity contribution in [1.82, 2.24) is 0 Å². The Morgan fingerprint density at radius 1 is 1.06 bits per heavy atom. The predicted molar refractivity (Wildman–Crippen MR) is 59.8 cm³/mol. The molecule has 0 aliphatic rings. The molecule has 0 unspecified atom stereocenters. The minimum atomic E-state index is -1.72. The summed E-state index contributed by atoms with van der Waals surface area (Å²) in [6.07, 6.45) is -0.293. The number of carboxylic acids is 1. The first-order valence-electron chi connectivity index (χ1n) is 5.06. The molecule has 0 radical (unpaired) electrons. The van der Waals surface area contributed by atoms with Crippen molar-refractivity contribution < 1.29 is 28.9 Å². The Kier molecular flexibility index (Phi) is 4.53. The standard InChI is InChI=1S/C12H14O6/c1-16-9-5-7(4-8(13)12(14)15)6-10(17-2)11(9)18-3/h5-6H,4H2,1-3H3,(H,14,15)/p-1. The van der Waals surface area contributed by atoms with E-state index in [1.807, 2.05) is 0 Å². The lowest BCUT2D eigenvalue weighted by molar-refractivity contribution is -0.299. The number of methoxy groups -OCH3 is 3. The fourth-order valence-corrected chi connectivity index (χ4v) is 1.50. The van der Waals surface area contributed by atoms with Gasteiger partial charge in [-0.3, -0.25) is 4.79 Å². The van der Waals surface area contributed by atoms with Crippen LogP contribution < -0.4 is 19.3 Å². The summed E-state index contributed by atoms with van der Waals surface area (Å²) in [6, 6.07) is 3.03. The van der Waals surface area contributed by atoms with Crippen LogP contribution in [-0.4, -0.2) is 33.1 Å². The minimum absolute atomic E-state index is 0.293. The summed E-state index contributed by atoms with van der Waals surface area (Å²) in [6.45, 7) is 0. The van der Waals surface area contributed by atoms with Gasteiger partial charge in [-0.25, -0.2) is 0 Å². The molecular weight excluding hydrogens is 240 g/mol. The molecule has 18 heavy (non-hydrogen) atoms. The summed E-state index contributed by atoms with van der Waals surface area (Å²) < 4.78 is 15.3. The van der Waals surface area contributed by atoms with Gasteiger partial charge in [-0.2, -0.15) is 0 Å². The molecule has 0 aromatic heterocycles. The molecule has 1 aromatic carbocycles. The molecule has 1 aromatic rings. The van der Waals surface area contributed by atoms with Crippen LogP contribution in [0.25, 0.3) is 0 Å². The van der Waals surface area contributed by atoms with Gasteiger partial charge >= 0.3 is 0 Å². The molecule has 0 saturated heterocycles. The number of rotatable bonds is 6. The number of benzene rings is 1. The zero-order chi connectivity index (χ0) is 13.7. The van der Waals surface area contributed by atoms with Crippen LogP contribution >= 0.6 is 0 Å². The number of carbonyl (C=O) groups excluding carboxylic acids is 2. The topological polar surface area (TPSA) is 84.9 Å². The maximum Gasteiger partial charge on any atom is 0.203 e. The molecular formula is C12H13O6-. The van der Waals surface area contributed by atoms with E-state index in [1.54, 1.807) is 0 Å². The van der Waals surface area contributed by atoms with Gasteiger partial charge in [-0.1, -0.05) is 0 Å². The van der Waals surface area contributed by atoms with E-state index >= 15 is 0 Å². The summed E-state index contributed by atoms with van der Waals surface area (Å²) in [5.41, 5.74) is 0.443. The Morgan fingerprint density at radius 3 is 1.89 bits per heavy atom. The second-order valence-corrected chi connectivity index (χ2v) is 3.42. The first-order chi connectivity index (χ1) is 8.53. The molecule has 0 amide bonds. The molecule has 0 saturated carbocycles. The Hall–Kier alpha value is -2.24. The Morgan fingerprint density at radius 2 is 1.56 bits per heavy atom. The van der Waals surface area contributed by atoms with E-state index in [2.05, 4.69) is 0 Å². The molecule has 6 heteroatoms. The summed E-state index contributed by atoms with van der Waals surface area (Å²) in [5.74, 6) is -1.63. The highest BCUT2D eigenvalue weighted by Crippen LogP contribution is 2.38. The first kappa shape index (κ1) is 13.8. The second kappa shape index (κ2) is 5.90. The number of ketones is 1. The van der Waals surface area contributed by atoms with Crippen molar-refractivity contribution in [2.45, 2.75) is 6.42 Å². The molecule has 0 aliphatic heterocycles. The molecule has 0 atom stereocenters. The molecule has 0 fully saturated rings. The van der Waals surface area contributed by atoms with Crippen molar-refractivity contribution in [3.63, 3.8) is 0 Å². The maximum absolute atomic E-state index is 11.1. The van der Waals surface area contributed by atoms with Gasteiger partial charge in [0.15, 0.2) is 17.3 Å². The van der Waals surface area contributed by atoms with E-state index in [0.717, 1.165) is 0 Å². The number of Topliss-reactive ketones (excluding diaryl/α,β-unsaturated/α-hetero) is 1. The van der Waals surface area contributed by atoms with Gasteiger partial charge < -0.3 is 24.1 Å². The third kappa shape index (κ3) is 2.91. The number of hydrogen-bond acceptors (Lipinski definition) is 6. The quantitative estimate of drug-likeness (QED) is 0.640. The first-order valence-corrected chi connectivity index (χ1v) is 5.06.